The summed E-state index contributed by atoms with van der Waals surface area (Å²) < 4.78 is 0. The zero-order valence-electron chi connectivity index (χ0n) is 7.13. The predicted octanol–water partition coefficient (Wildman–Crippen LogP) is 3.18. The molecule has 1 nitrogen and oxygen atoms in total. The van der Waals surface area contributed by atoms with Gasteiger partial charge in [0, 0.05) is 19.6 Å². The summed E-state index contributed by atoms with van der Waals surface area (Å²) in [7, 11) is 0. The highest BCUT2D eigenvalue weighted by atomic mass is 15.1. The van der Waals surface area contributed by atoms with Crippen molar-refractivity contribution < 1.29 is 0 Å². The summed E-state index contributed by atoms with van der Waals surface area (Å²) >= 11 is 0. The van der Waals surface area contributed by atoms with Crippen LogP contribution in [0.3, 0.4) is 0 Å². The number of hydrogen-bond donors (Lipinski definition) is 0. The minimum Gasteiger partial charge on any atom is -0.299 e. The van der Waals surface area contributed by atoms with E-state index in [2.05, 4.69) is 11.5 Å². The monoisotopic (exact) mass is 183 g/mol. The molecule has 0 aromatic heterocycles. The molecule has 1 aliphatic heterocycles. The molecule has 0 spiro atoms. The van der Waals surface area contributed by atoms with Gasteiger partial charge in [-0.3, -0.25) is 4.90 Å². The van der Waals surface area contributed by atoms with Crippen molar-refractivity contribution in [3.8, 4) is 0 Å². The van der Waals surface area contributed by atoms with Crippen molar-refractivity contribution in [2.45, 2.75) is 34.1 Å². The molecule has 1 heterocycles. The number of piperidine rings is 1. The normalized spacial score (nSPS) is 31.7. The molecule has 0 amide bonds. The fraction of sp³-hybridized carbons (Fsp3) is 0.833. The summed E-state index contributed by atoms with van der Waals surface area (Å²) in [4.78, 5) is 2.55. The largest absolute Gasteiger partial charge is 0.299 e. The average molecular weight is 183 g/mol. The van der Waals surface area contributed by atoms with E-state index in [-0.39, 0.29) is 14.9 Å². The van der Waals surface area contributed by atoms with E-state index in [0.717, 1.165) is 18.4 Å². The summed E-state index contributed by atoms with van der Waals surface area (Å²) in [5.41, 5.74) is 0. The Kier molecular flexibility index (Phi) is 5.31. The van der Waals surface area contributed by atoms with Crippen molar-refractivity contribution in [3.05, 3.63) is 12.7 Å². The van der Waals surface area contributed by atoms with E-state index in [4.69, 9.17) is 0 Å². The van der Waals surface area contributed by atoms with Crippen LogP contribution < -0.4 is 0 Å². The maximum absolute atomic E-state index is 3.78. The van der Waals surface area contributed by atoms with E-state index in [9.17, 15) is 0 Å². The van der Waals surface area contributed by atoms with Crippen LogP contribution >= 0.6 is 0 Å². The van der Waals surface area contributed by atoms with Crippen LogP contribution in [0.15, 0.2) is 12.7 Å². The standard InChI is InChI=1S/C10H17N.2CH4/c1-2-5-11-7-9-3-4-10(6-9)8-11;;/h2,9-10H,1,3-8H2;2*1H4. The van der Waals surface area contributed by atoms with Crippen LogP contribution in [0.4, 0.5) is 0 Å². The van der Waals surface area contributed by atoms with Crippen molar-refractivity contribution in [2.24, 2.45) is 11.8 Å². The first kappa shape index (κ1) is 12.7. The second kappa shape index (κ2) is 5.43. The van der Waals surface area contributed by atoms with Crippen LogP contribution in [0.25, 0.3) is 0 Å². The maximum Gasteiger partial charge on any atom is 0.0160 e. The first-order valence-corrected chi connectivity index (χ1v) is 4.71. The average Bonchev–Trinajstić information content (AvgIpc) is 2.32. The maximum atomic E-state index is 3.78. The molecule has 0 radical (unpaired) electrons. The van der Waals surface area contributed by atoms with Crippen LogP contribution in [0, 0.1) is 11.8 Å². The third kappa shape index (κ3) is 2.84. The fourth-order valence-electron chi connectivity index (χ4n) is 2.65. The lowest BCUT2D eigenvalue weighted by atomic mass is 9.99. The van der Waals surface area contributed by atoms with Gasteiger partial charge in [-0.25, -0.2) is 0 Å². The van der Waals surface area contributed by atoms with E-state index in [1.165, 1.54) is 32.4 Å². The first-order valence-electron chi connectivity index (χ1n) is 4.71. The van der Waals surface area contributed by atoms with Gasteiger partial charge < -0.3 is 0 Å². The second-order valence-electron chi connectivity index (χ2n) is 4.05. The quantitative estimate of drug-likeness (QED) is 0.594. The highest BCUT2D eigenvalue weighted by Crippen LogP contribution is 2.35. The molecule has 78 valence electrons. The molecule has 1 heteroatoms. The van der Waals surface area contributed by atoms with Gasteiger partial charge in [0.2, 0.25) is 0 Å². The molecule has 2 atom stereocenters. The Balaban J connectivity index is 0.000000720. The van der Waals surface area contributed by atoms with Gasteiger partial charge in [0.05, 0.1) is 0 Å². The highest BCUT2D eigenvalue weighted by Gasteiger charge is 2.31. The van der Waals surface area contributed by atoms with E-state index < -0.39 is 0 Å². The molecule has 13 heavy (non-hydrogen) atoms. The van der Waals surface area contributed by atoms with E-state index >= 15 is 0 Å². The van der Waals surface area contributed by atoms with Crippen molar-refractivity contribution in [1.29, 1.82) is 0 Å². The molecule has 0 aromatic carbocycles. The van der Waals surface area contributed by atoms with Crippen LogP contribution in [-0.4, -0.2) is 24.5 Å². The minimum absolute atomic E-state index is 0. The molecule has 0 aromatic rings. The minimum atomic E-state index is 0. The fourth-order valence-corrected chi connectivity index (χ4v) is 2.65. The zero-order valence-corrected chi connectivity index (χ0v) is 7.13. The summed E-state index contributed by atoms with van der Waals surface area (Å²) in [5, 5.41) is 0. The highest BCUT2D eigenvalue weighted by molar-refractivity contribution is 4.87. The van der Waals surface area contributed by atoms with Gasteiger partial charge >= 0.3 is 0 Å². The predicted molar refractivity (Wildman–Crippen MR) is 60.9 cm³/mol. The van der Waals surface area contributed by atoms with Gasteiger partial charge in [0.25, 0.3) is 0 Å². The van der Waals surface area contributed by atoms with Gasteiger partial charge in [-0.2, -0.15) is 0 Å². The Hall–Kier alpha value is -0.300. The number of likely N-dealkylation sites (tertiary alicyclic amines) is 1. The van der Waals surface area contributed by atoms with Gasteiger partial charge in [-0.1, -0.05) is 20.9 Å². The molecule has 2 aliphatic rings. The molecule has 1 saturated heterocycles. The second-order valence-corrected chi connectivity index (χ2v) is 4.05. The van der Waals surface area contributed by atoms with Crippen LogP contribution in [-0.2, 0) is 0 Å². The lowest BCUT2D eigenvalue weighted by Crippen LogP contribution is -2.36. The Morgan fingerprint density at radius 1 is 1.15 bits per heavy atom. The molecule has 2 unspecified atom stereocenters. The summed E-state index contributed by atoms with van der Waals surface area (Å²) in [6, 6.07) is 0. The van der Waals surface area contributed by atoms with Crippen molar-refractivity contribution in [1.82, 2.24) is 4.90 Å². The van der Waals surface area contributed by atoms with Gasteiger partial charge in [0.15, 0.2) is 0 Å². The lowest BCUT2D eigenvalue weighted by Gasteiger charge is -2.30. The van der Waals surface area contributed by atoms with Crippen molar-refractivity contribution in [2.75, 3.05) is 19.6 Å². The number of nitrogens with zero attached hydrogens (tertiary/aromatic N) is 1. The number of hydrogen-bond acceptors (Lipinski definition) is 1. The molecule has 2 fully saturated rings. The Morgan fingerprint density at radius 2 is 1.69 bits per heavy atom. The zero-order chi connectivity index (χ0) is 7.68. The molecule has 2 bridgehead atoms. The molecule has 1 aliphatic carbocycles. The topological polar surface area (TPSA) is 3.24 Å². The molecular formula is C12H25N. The number of rotatable bonds is 2. The van der Waals surface area contributed by atoms with Gasteiger partial charge in [0.1, 0.15) is 0 Å². The van der Waals surface area contributed by atoms with Crippen molar-refractivity contribution in [3.63, 3.8) is 0 Å². The van der Waals surface area contributed by atoms with Crippen LogP contribution in [0.5, 0.6) is 0 Å². The molecule has 2 rings (SSSR count). The van der Waals surface area contributed by atoms with Gasteiger partial charge in [-0.15, -0.1) is 6.58 Å². The summed E-state index contributed by atoms with van der Waals surface area (Å²) in [6.45, 7) is 7.56. The van der Waals surface area contributed by atoms with E-state index in [0.29, 0.717) is 0 Å². The van der Waals surface area contributed by atoms with Crippen LogP contribution in [0.1, 0.15) is 34.1 Å². The summed E-state index contributed by atoms with van der Waals surface area (Å²) in [6.07, 6.45) is 6.51. The SMILES string of the molecule is C.C.C=CCN1CC2CCC(C2)C1. The van der Waals surface area contributed by atoms with Crippen molar-refractivity contribution >= 4 is 0 Å². The first-order chi connectivity index (χ1) is 5.38. The van der Waals surface area contributed by atoms with E-state index in [1.807, 2.05) is 6.08 Å². The number of fused-ring (bicyclic) bond motifs is 2. The third-order valence-corrected chi connectivity index (χ3v) is 3.07. The third-order valence-electron chi connectivity index (χ3n) is 3.07. The van der Waals surface area contributed by atoms with Crippen LogP contribution in [0.2, 0.25) is 0 Å². The Morgan fingerprint density at radius 3 is 2.15 bits per heavy atom. The molecule has 1 saturated carbocycles. The Bertz CT molecular complexity index is 141. The Labute approximate surface area is 83.8 Å². The summed E-state index contributed by atoms with van der Waals surface area (Å²) in [5.74, 6) is 2.04. The van der Waals surface area contributed by atoms with E-state index in [1.54, 1.807) is 0 Å². The van der Waals surface area contributed by atoms with Gasteiger partial charge in [-0.05, 0) is 31.1 Å². The lowest BCUT2D eigenvalue weighted by molar-refractivity contribution is 0.184. The molecule has 0 N–H and O–H groups in total. The molecular weight excluding hydrogens is 158 g/mol. The smallest absolute Gasteiger partial charge is 0.0160 e.